The molecule has 0 saturated heterocycles. The van der Waals surface area contributed by atoms with E-state index in [0.29, 0.717) is 23.5 Å². The Labute approximate surface area is 148 Å². The normalized spacial score (nSPS) is 11.6. The van der Waals surface area contributed by atoms with Crippen molar-refractivity contribution in [2.24, 2.45) is 0 Å². The van der Waals surface area contributed by atoms with E-state index in [2.05, 4.69) is 5.32 Å². The Bertz CT molecular complexity index is 717. The molecule has 134 valence electrons. The zero-order valence-corrected chi connectivity index (χ0v) is 15.4. The largest absolute Gasteiger partial charge is 0.497 e. The van der Waals surface area contributed by atoms with Gasteiger partial charge in [-0.15, -0.1) is 0 Å². The average molecular weight is 343 g/mol. The van der Waals surface area contributed by atoms with E-state index in [4.69, 9.17) is 14.2 Å². The zero-order chi connectivity index (χ0) is 18.4. The number of hydrogen-bond acceptors (Lipinski definition) is 4. The highest BCUT2D eigenvalue weighted by molar-refractivity contribution is 5.95. The third kappa shape index (κ3) is 4.66. The maximum atomic E-state index is 12.6. The number of methoxy groups -OCH3 is 3. The highest BCUT2D eigenvalue weighted by Gasteiger charge is 2.15. The lowest BCUT2D eigenvalue weighted by molar-refractivity contribution is 0.0939. The van der Waals surface area contributed by atoms with Gasteiger partial charge in [-0.2, -0.15) is 0 Å². The Balaban J connectivity index is 2.10. The van der Waals surface area contributed by atoms with E-state index in [0.717, 1.165) is 16.9 Å². The van der Waals surface area contributed by atoms with Crippen molar-refractivity contribution < 1.29 is 19.0 Å². The van der Waals surface area contributed by atoms with Crippen LogP contribution in [0.15, 0.2) is 36.4 Å². The van der Waals surface area contributed by atoms with Gasteiger partial charge in [-0.25, -0.2) is 0 Å². The van der Waals surface area contributed by atoms with Crippen LogP contribution in [0.4, 0.5) is 0 Å². The number of amides is 1. The van der Waals surface area contributed by atoms with E-state index in [9.17, 15) is 4.79 Å². The summed E-state index contributed by atoms with van der Waals surface area (Å²) >= 11 is 0. The number of carbonyl (C=O) groups excluding carboxylic acids is 1. The van der Waals surface area contributed by atoms with Gasteiger partial charge in [0.25, 0.3) is 5.91 Å². The van der Waals surface area contributed by atoms with Crippen LogP contribution in [-0.4, -0.2) is 33.3 Å². The number of benzene rings is 2. The van der Waals surface area contributed by atoms with Gasteiger partial charge >= 0.3 is 0 Å². The third-order valence-corrected chi connectivity index (χ3v) is 4.07. The van der Waals surface area contributed by atoms with Gasteiger partial charge in [0.15, 0.2) is 0 Å². The quantitative estimate of drug-likeness (QED) is 0.837. The van der Waals surface area contributed by atoms with Crippen LogP contribution in [0, 0.1) is 6.92 Å². The summed E-state index contributed by atoms with van der Waals surface area (Å²) in [7, 11) is 4.80. The van der Waals surface area contributed by atoms with Crippen LogP contribution >= 0.6 is 0 Å². The highest BCUT2D eigenvalue weighted by Crippen LogP contribution is 2.29. The average Bonchev–Trinajstić information content (AvgIpc) is 2.61. The first kappa shape index (κ1) is 18.6. The zero-order valence-electron chi connectivity index (χ0n) is 15.4. The molecule has 1 amide bonds. The van der Waals surface area contributed by atoms with Crippen molar-refractivity contribution in [2.75, 3.05) is 21.3 Å². The highest BCUT2D eigenvalue weighted by atomic mass is 16.5. The minimum Gasteiger partial charge on any atom is -0.497 e. The van der Waals surface area contributed by atoms with Crippen LogP contribution in [0.5, 0.6) is 17.2 Å². The second-order valence-corrected chi connectivity index (χ2v) is 5.94. The Morgan fingerprint density at radius 1 is 1.04 bits per heavy atom. The predicted octanol–water partition coefficient (Wildman–Crippen LogP) is 3.38. The summed E-state index contributed by atoms with van der Waals surface area (Å²) in [6.45, 7) is 3.87. The van der Waals surface area contributed by atoms with Gasteiger partial charge < -0.3 is 19.5 Å². The molecule has 1 atom stereocenters. The maximum absolute atomic E-state index is 12.6. The van der Waals surface area contributed by atoms with Crippen molar-refractivity contribution in [3.05, 3.63) is 53.1 Å². The van der Waals surface area contributed by atoms with Gasteiger partial charge in [-0.1, -0.05) is 12.1 Å². The van der Waals surface area contributed by atoms with Gasteiger partial charge in [-0.05, 0) is 50.1 Å². The van der Waals surface area contributed by atoms with E-state index in [1.807, 2.05) is 38.1 Å². The fraction of sp³-hybridized carbons (Fsp3) is 0.350. The lowest BCUT2D eigenvalue weighted by Crippen LogP contribution is -2.34. The lowest BCUT2D eigenvalue weighted by Gasteiger charge is -2.16. The fourth-order valence-corrected chi connectivity index (χ4v) is 2.73. The van der Waals surface area contributed by atoms with Crippen molar-refractivity contribution >= 4 is 5.91 Å². The molecular formula is C20H25NO4. The van der Waals surface area contributed by atoms with E-state index >= 15 is 0 Å². The van der Waals surface area contributed by atoms with Crippen molar-refractivity contribution in [3.8, 4) is 17.2 Å². The molecule has 0 aliphatic carbocycles. The Morgan fingerprint density at radius 2 is 1.68 bits per heavy atom. The topological polar surface area (TPSA) is 56.8 Å². The maximum Gasteiger partial charge on any atom is 0.251 e. The number of carbonyl (C=O) groups is 1. The van der Waals surface area contributed by atoms with E-state index in [1.165, 1.54) is 0 Å². The van der Waals surface area contributed by atoms with Crippen molar-refractivity contribution in [1.82, 2.24) is 5.32 Å². The molecule has 25 heavy (non-hydrogen) atoms. The molecule has 1 unspecified atom stereocenters. The first-order chi connectivity index (χ1) is 12.0. The summed E-state index contributed by atoms with van der Waals surface area (Å²) in [5.74, 6) is 1.91. The number of nitrogens with one attached hydrogen (secondary N) is 1. The van der Waals surface area contributed by atoms with E-state index in [-0.39, 0.29) is 11.9 Å². The van der Waals surface area contributed by atoms with Crippen LogP contribution in [0.2, 0.25) is 0 Å². The van der Waals surface area contributed by atoms with Gasteiger partial charge in [0.05, 0.1) is 21.3 Å². The van der Waals surface area contributed by atoms with Gasteiger partial charge in [0.1, 0.15) is 17.2 Å². The lowest BCUT2D eigenvalue weighted by atomic mass is 10.1. The fourth-order valence-electron chi connectivity index (χ4n) is 2.73. The second-order valence-electron chi connectivity index (χ2n) is 5.94. The number of rotatable bonds is 7. The van der Waals surface area contributed by atoms with Crippen LogP contribution in [0.3, 0.4) is 0 Å². The van der Waals surface area contributed by atoms with Crippen LogP contribution < -0.4 is 19.5 Å². The molecule has 0 radical (unpaired) electrons. The molecule has 5 nitrogen and oxygen atoms in total. The second kappa shape index (κ2) is 8.42. The molecule has 2 rings (SSSR count). The molecule has 2 aromatic carbocycles. The molecule has 1 N–H and O–H groups in total. The summed E-state index contributed by atoms with van der Waals surface area (Å²) in [6, 6.07) is 11.3. The summed E-state index contributed by atoms with van der Waals surface area (Å²) < 4.78 is 15.9. The van der Waals surface area contributed by atoms with Gasteiger partial charge in [-0.3, -0.25) is 4.79 Å². The third-order valence-electron chi connectivity index (χ3n) is 4.07. The summed E-state index contributed by atoms with van der Waals surface area (Å²) in [6.07, 6.45) is 0.711. The van der Waals surface area contributed by atoms with E-state index in [1.54, 1.807) is 33.5 Å². The molecule has 0 aliphatic rings. The SMILES string of the molecule is COc1cccc(CC(C)NC(=O)c2cc(OC)c(C)c(OC)c2)c1. The van der Waals surface area contributed by atoms with Crippen molar-refractivity contribution in [2.45, 2.75) is 26.3 Å². The van der Waals surface area contributed by atoms with Gasteiger partial charge in [0.2, 0.25) is 0 Å². The molecular weight excluding hydrogens is 318 g/mol. The van der Waals surface area contributed by atoms with Crippen LogP contribution in [0.25, 0.3) is 0 Å². The first-order valence-corrected chi connectivity index (χ1v) is 8.15. The molecule has 0 fully saturated rings. The Morgan fingerprint density at radius 3 is 2.24 bits per heavy atom. The molecule has 0 spiro atoms. The Kier molecular flexibility index (Phi) is 6.28. The Hall–Kier alpha value is -2.69. The molecule has 2 aromatic rings. The number of ether oxygens (including phenoxy) is 3. The molecule has 0 aliphatic heterocycles. The van der Waals surface area contributed by atoms with Crippen LogP contribution in [0.1, 0.15) is 28.4 Å². The molecule has 0 bridgehead atoms. The van der Waals surface area contributed by atoms with Crippen molar-refractivity contribution in [1.29, 1.82) is 0 Å². The summed E-state index contributed by atoms with van der Waals surface area (Å²) in [5.41, 5.74) is 2.48. The van der Waals surface area contributed by atoms with Gasteiger partial charge in [0, 0.05) is 17.2 Å². The summed E-state index contributed by atoms with van der Waals surface area (Å²) in [4.78, 5) is 12.6. The van der Waals surface area contributed by atoms with E-state index < -0.39 is 0 Å². The summed E-state index contributed by atoms with van der Waals surface area (Å²) in [5, 5.41) is 3.01. The first-order valence-electron chi connectivity index (χ1n) is 8.15. The van der Waals surface area contributed by atoms with Crippen LogP contribution in [-0.2, 0) is 6.42 Å². The minimum absolute atomic E-state index is 0.0297. The molecule has 0 heterocycles. The van der Waals surface area contributed by atoms with Crippen molar-refractivity contribution in [3.63, 3.8) is 0 Å². The molecule has 5 heteroatoms. The number of hydrogen-bond donors (Lipinski definition) is 1. The standard InChI is InChI=1S/C20H25NO4/c1-13(9-15-7-6-8-17(10-15)23-3)21-20(22)16-11-18(24-4)14(2)19(12-16)25-5/h6-8,10-13H,9H2,1-5H3,(H,21,22). The predicted molar refractivity (Wildman–Crippen MR) is 97.9 cm³/mol. The smallest absolute Gasteiger partial charge is 0.251 e. The molecule has 0 aromatic heterocycles. The molecule has 0 saturated carbocycles. The monoisotopic (exact) mass is 343 g/mol. The minimum atomic E-state index is -0.160.